The Bertz CT molecular complexity index is 325. The molecule has 13 heavy (non-hydrogen) atoms. The van der Waals surface area contributed by atoms with Gasteiger partial charge in [0, 0.05) is 6.07 Å². The minimum Gasteiger partial charge on any atom is -0.497 e. The lowest BCUT2D eigenvalue weighted by Crippen LogP contribution is -2.03. The van der Waals surface area contributed by atoms with Gasteiger partial charge in [0.25, 0.3) is 0 Å². The number of ether oxygens (including phenoxy) is 1. The van der Waals surface area contributed by atoms with Gasteiger partial charge in [-0.1, -0.05) is 0 Å². The van der Waals surface area contributed by atoms with E-state index in [9.17, 15) is 9.18 Å². The zero-order valence-corrected chi connectivity index (χ0v) is 7.98. The molecule has 0 N–H and O–H groups in total. The van der Waals surface area contributed by atoms with E-state index in [1.165, 1.54) is 19.2 Å². The highest BCUT2D eigenvalue weighted by molar-refractivity contribution is 7.81. The van der Waals surface area contributed by atoms with Gasteiger partial charge in [-0.25, -0.2) is 4.39 Å². The fourth-order valence-corrected chi connectivity index (χ4v) is 1.10. The highest BCUT2D eigenvalue weighted by atomic mass is 32.1. The topological polar surface area (TPSA) is 26.3 Å². The van der Waals surface area contributed by atoms with Crippen LogP contribution in [0.15, 0.2) is 18.2 Å². The molecule has 0 bridgehead atoms. The molecule has 0 aliphatic carbocycles. The Morgan fingerprint density at radius 3 is 2.77 bits per heavy atom. The zero-order chi connectivity index (χ0) is 9.84. The van der Waals surface area contributed by atoms with E-state index in [4.69, 9.17) is 4.74 Å². The van der Waals surface area contributed by atoms with E-state index in [1.54, 1.807) is 6.07 Å². The van der Waals surface area contributed by atoms with Crippen LogP contribution < -0.4 is 4.74 Å². The van der Waals surface area contributed by atoms with Crippen LogP contribution in [0.4, 0.5) is 4.39 Å². The number of carbonyl (C=O) groups is 1. The predicted molar refractivity (Wildman–Crippen MR) is 51.1 cm³/mol. The maximum Gasteiger partial charge on any atom is 0.175 e. The maximum atomic E-state index is 13.1. The second-order valence-corrected chi connectivity index (χ2v) is 2.74. The molecule has 0 heterocycles. The average molecular weight is 200 g/mol. The number of thiol groups is 1. The van der Waals surface area contributed by atoms with E-state index in [1.807, 2.05) is 0 Å². The molecule has 0 saturated heterocycles. The fourth-order valence-electron chi connectivity index (χ4n) is 0.934. The molecule has 0 unspecified atom stereocenters. The summed E-state index contributed by atoms with van der Waals surface area (Å²) in [6.45, 7) is 0. The van der Waals surface area contributed by atoms with Crippen molar-refractivity contribution in [2.45, 2.75) is 0 Å². The molecule has 1 aromatic rings. The molecule has 4 heteroatoms. The summed E-state index contributed by atoms with van der Waals surface area (Å²) in [5, 5.41) is 0. The summed E-state index contributed by atoms with van der Waals surface area (Å²) in [6.07, 6.45) is 0. The highest BCUT2D eigenvalue weighted by Crippen LogP contribution is 2.16. The van der Waals surface area contributed by atoms with Gasteiger partial charge in [0.1, 0.15) is 11.6 Å². The van der Waals surface area contributed by atoms with Gasteiger partial charge in [-0.05, 0) is 12.1 Å². The number of ketones is 1. The minimum atomic E-state index is -0.571. The molecule has 0 aliphatic heterocycles. The molecule has 0 aliphatic rings. The number of hydrogen-bond donors (Lipinski definition) is 1. The van der Waals surface area contributed by atoms with E-state index < -0.39 is 5.82 Å². The Hall–Kier alpha value is -1.03. The number of halogens is 1. The monoisotopic (exact) mass is 200 g/mol. The molecule has 1 rings (SSSR count). The highest BCUT2D eigenvalue weighted by Gasteiger charge is 2.10. The normalized spacial score (nSPS) is 9.77. The number of methoxy groups -OCH3 is 1. The van der Waals surface area contributed by atoms with Gasteiger partial charge in [-0.15, -0.1) is 0 Å². The first kappa shape index (κ1) is 10.1. The second kappa shape index (κ2) is 4.28. The molecule has 0 saturated carbocycles. The lowest BCUT2D eigenvalue weighted by molar-refractivity contribution is 0.101. The molecule has 0 atom stereocenters. The van der Waals surface area contributed by atoms with Gasteiger partial charge in [0.05, 0.1) is 18.4 Å². The fraction of sp³-hybridized carbons (Fsp3) is 0.222. The van der Waals surface area contributed by atoms with Crippen LogP contribution in [0.5, 0.6) is 5.75 Å². The Morgan fingerprint density at radius 1 is 1.62 bits per heavy atom. The largest absolute Gasteiger partial charge is 0.497 e. The third-order valence-electron chi connectivity index (χ3n) is 1.62. The summed E-state index contributed by atoms with van der Waals surface area (Å²) in [4.78, 5) is 11.1. The van der Waals surface area contributed by atoms with E-state index in [-0.39, 0.29) is 17.1 Å². The van der Waals surface area contributed by atoms with Crippen LogP contribution in [0.1, 0.15) is 10.4 Å². The van der Waals surface area contributed by atoms with Crippen LogP contribution in [0.25, 0.3) is 0 Å². The maximum absolute atomic E-state index is 13.1. The van der Waals surface area contributed by atoms with Crippen molar-refractivity contribution in [1.82, 2.24) is 0 Å². The van der Waals surface area contributed by atoms with Crippen molar-refractivity contribution in [2.75, 3.05) is 12.9 Å². The molecule has 0 aromatic heterocycles. The van der Waals surface area contributed by atoms with E-state index in [0.717, 1.165) is 0 Å². The summed E-state index contributed by atoms with van der Waals surface area (Å²) >= 11 is 3.78. The third-order valence-corrected chi connectivity index (χ3v) is 1.91. The van der Waals surface area contributed by atoms with Gasteiger partial charge in [-0.3, -0.25) is 4.79 Å². The molecule has 0 spiro atoms. The predicted octanol–water partition coefficient (Wildman–Crippen LogP) is 1.95. The Balaban J connectivity index is 3.05. The smallest absolute Gasteiger partial charge is 0.175 e. The number of hydrogen-bond acceptors (Lipinski definition) is 3. The Morgan fingerprint density at radius 2 is 2.31 bits per heavy atom. The van der Waals surface area contributed by atoms with Gasteiger partial charge in [-0.2, -0.15) is 12.6 Å². The first-order valence-electron chi connectivity index (χ1n) is 3.66. The molecule has 0 fully saturated rings. The zero-order valence-electron chi connectivity index (χ0n) is 7.08. The molecular weight excluding hydrogens is 191 g/mol. The molecule has 0 radical (unpaired) electrons. The van der Waals surface area contributed by atoms with Gasteiger partial charge >= 0.3 is 0 Å². The van der Waals surface area contributed by atoms with Gasteiger partial charge < -0.3 is 4.74 Å². The average Bonchev–Trinajstić information content (AvgIpc) is 2.16. The number of Topliss-reactive ketones (excluding diaryl/α,β-unsaturated/α-hetero) is 1. The van der Waals surface area contributed by atoms with Crippen molar-refractivity contribution in [2.24, 2.45) is 0 Å². The van der Waals surface area contributed by atoms with Crippen LogP contribution in [0, 0.1) is 5.82 Å². The summed E-state index contributed by atoms with van der Waals surface area (Å²) in [6, 6.07) is 4.11. The van der Waals surface area contributed by atoms with Crippen LogP contribution in [-0.2, 0) is 0 Å². The first-order chi connectivity index (χ1) is 6.19. The van der Waals surface area contributed by atoms with Crippen molar-refractivity contribution in [3.63, 3.8) is 0 Å². The van der Waals surface area contributed by atoms with Crippen LogP contribution in [-0.4, -0.2) is 18.6 Å². The number of benzene rings is 1. The first-order valence-corrected chi connectivity index (χ1v) is 4.30. The SMILES string of the molecule is COc1ccc(C(=O)CS)c(F)c1. The molecule has 70 valence electrons. The molecule has 1 aromatic carbocycles. The van der Waals surface area contributed by atoms with Crippen molar-refractivity contribution >= 4 is 18.4 Å². The van der Waals surface area contributed by atoms with Crippen LogP contribution in [0.3, 0.4) is 0 Å². The van der Waals surface area contributed by atoms with Crippen molar-refractivity contribution in [3.8, 4) is 5.75 Å². The van der Waals surface area contributed by atoms with Crippen LogP contribution >= 0.6 is 12.6 Å². The molecular formula is C9H9FO2S. The number of rotatable bonds is 3. The van der Waals surface area contributed by atoms with Crippen molar-refractivity contribution in [3.05, 3.63) is 29.6 Å². The Labute approximate surface area is 81.1 Å². The third kappa shape index (κ3) is 2.21. The lowest BCUT2D eigenvalue weighted by atomic mass is 10.1. The van der Waals surface area contributed by atoms with E-state index in [2.05, 4.69) is 12.6 Å². The van der Waals surface area contributed by atoms with Crippen molar-refractivity contribution in [1.29, 1.82) is 0 Å². The Kier molecular flexibility index (Phi) is 3.31. The summed E-state index contributed by atoms with van der Waals surface area (Å²) in [7, 11) is 1.44. The minimum absolute atomic E-state index is 0.00322. The summed E-state index contributed by atoms with van der Waals surface area (Å²) in [5.74, 6) is -0.501. The summed E-state index contributed by atoms with van der Waals surface area (Å²) < 4.78 is 17.9. The van der Waals surface area contributed by atoms with E-state index in [0.29, 0.717) is 5.75 Å². The molecule has 0 amide bonds. The van der Waals surface area contributed by atoms with Crippen LogP contribution in [0.2, 0.25) is 0 Å². The lowest BCUT2D eigenvalue weighted by Gasteiger charge is -2.02. The molecule has 2 nitrogen and oxygen atoms in total. The number of carbonyl (C=O) groups excluding carboxylic acids is 1. The summed E-state index contributed by atoms with van der Waals surface area (Å²) in [5.41, 5.74) is 0.0517. The second-order valence-electron chi connectivity index (χ2n) is 2.43. The van der Waals surface area contributed by atoms with Gasteiger partial charge in [0.2, 0.25) is 0 Å². The van der Waals surface area contributed by atoms with Crippen molar-refractivity contribution < 1.29 is 13.9 Å². The standard InChI is InChI=1S/C9H9FO2S/c1-12-6-2-3-7(8(10)4-6)9(11)5-13/h2-4,13H,5H2,1H3. The van der Waals surface area contributed by atoms with Gasteiger partial charge in [0.15, 0.2) is 5.78 Å². The van der Waals surface area contributed by atoms with E-state index >= 15 is 0 Å². The quantitative estimate of drug-likeness (QED) is 0.596.